The Balaban J connectivity index is 1.66. The molecule has 0 radical (unpaired) electrons. The molecule has 2 heterocycles. The van der Waals surface area contributed by atoms with E-state index < -0.39 is 0 Å². The predicted molar refractivity (Wildman–Crippen MR) is 94.3 cm³/mol. The number of benzene rings is 1. The lowest BCUT2D eigenvalue weighted by atomic mass is 9.94. The number of carbonyl (C=O) groups is 1. The highest BCUT2D eigenvalue weighted by atomic mass is 32.1. The summed E-state index contributed by atoms with van der Waals surface area (Å²) < 4.78 is 10.8. The van der Waals surface area contributed by atoms with E-state index >= 15 is 0 Å². The summed E-state index contributed by atoms with van der Waals surface area (Å²) in [5, 5.41) is 0.706. The molecule has 128 valence electrons. The van der Waals surface area contributed by atoms with E-state index in [0.29, 0.717) is 29.9 Å². The number of carbonyl (C=O) groups excluding carboxylic acids is 1. The van der Waals surface area contributed by atoms with E-state index in [2.05, 4.69) is 4.90 Å². The second-order valence-corrected chi connectivity index (χ2v) is 7.12. The van der Waals surface area contributed by atoms with Crippen molar-refractivity contribution in [2.24, 2.45) is 0 Å². The van der Waals surface area contributed by atoms with Crippen LogP contribution in [-0.2, 0) is 17.8 Å². The molecule has 1 saturated heterocycles. The molecule has 1 saturated carbocycles. The van der Waals surface area contributed by atoms with E-state index in [1.165, 1.54) is 12.8 Å². The zero-order valence-electron chi connectivity index (χ0n) is 14.1. The molecule has 1 aromatic rings. The number of hydrogen-bond donors (Lipinski definition) is 0. The summed E-state index contributed by atoms with van der Waals surface area (Å²) in [6.07, 6.45) is 5.20. The van der Waals surface area contributed by atoms with Gasteiger partial charge < -0.3 is 14.4 Å². The lowest BCUT2D eigenvalue weighted by Crippen LogP contribution is -2.40. The third kappa shape index (κ3) is 2.27. The smallest absolute Gasteiger partial charge is 0.252 e. The Morgan fingerprint density at radius 1 is 1.08 bits per heavy atom. The van der Waals surface area contributed by atoms with Crippen LogP contribution in [0.15, 0.2) is 12.1 Å². The molecule has 0 N–H and O–H groups in total. The third-order valence-corrected chi connectivity index (χ3v) is 5.93. The number of fused-ring (bicyclic) bond motifs is 2. The lowest BCUT2D eigenvalue weighted by Gasteiger charge is -2.31. The molecule has 3 aliphatic rings. The molecule has 1 aromatic carbocycles. The van der Waals surface area contributed by atoms with Gasteiger partial charge in [0.05, 0.1) is 14.2 Å². The quantitative estimate of drug-likeness (QED) is 0.787. The van der Waals surface area contributed by atoms with Crippen LogP contribution < -0.4 is 9.47 Å². The van der Waals surface area contributed by atoms with Crippen LogP contribution in [0, 0.1) is 0 Å². The summed E-state index contributed by atoms with van der Waals surface area (Å²) in [6.45, 7) is 0.661. The molecule has 6 heteroatoms. The highest BCUT2D eigenvalue weighted by Gasteiger charge is 2.47. The number of methoxy groups -OCH3 is 2. The molecule has 1 unspecified atom stereocenters. The van der Waals surface area contributed by atoms with Gasteiger partial charge in [-0.1, -0.05) is 12.8 Å². The van der Waals surface area contributed by atoms with Crippen LogP contribution in [0.25, 0.3) is 0 Å². The van der Waals surface area contributed by atoms with Crippen molar-refractivity contribution in [1.29, 1.82) is 0 Å². The highest BCUT2D eigenvalue weighted by molar-refractivity contribution is 7.80. The SMILES string of the molecule is COc1cc2c(cc1OC)CN1C(=S)N(C3CCCC3)C(=O)C1C2. The zero-order chi connectivity index (χ0) is 16.8. The van der Waals surface area contributed by atoms with E-state index in [1.807, 2.05) is 17.0 Å². The molecule has 5 nitrogen and oxygen atoms in total. The number of ether oxygens (including phenoxy) is 2. The fourth-order valence-electron chi connectivity index (χ4n) is 4.23. The van der Waals surface area contributed by atoms with E-state index in [0.717, 1.165) is 29.7 Å². The summed E-state index contributed by atoms with van der Waals surface area (Å²) in [6, 6.07) is 4.14. The van der Waals surface area contributed by atoms with Gasteiger partial charge in [-0.05, 0) is 48.3 Å². The zero-order valence-corrected chi connectivity index (χ0v) is 14.9. The first-order valence-corrected chi connectivity index (χ1v) is 8.92. The Labute approximate surface area is 147 Å². The lowest BCUT2D eigenvalue weighted by molar-refractivity contribution is -0.129. The Morgan fingerprint density at radius 2 is 1.71 bits per heavy atom. The summed E-state index contributed by atoms with van der Waals surface area (Å²) in [5.41, 5.74) is 2.31. The second kappa shape index (κ2) is 5.92. The topological polar surface area (TPSA) is 42.0 Å². The Morgan fingerprint density at radius 3 is 2.33 bits per heavy atom. The number of hydrogen-bond acceptors (Lipinski definition) is 4. The number of rotatable bonds is 3. The minimum atomic E-state index is -0.163. The number of thiocarbonyl (C=S) groups is 1. The van der Waals surface area contributed by atoms with Crippen LogP contribution in [0.4, 0.5) is 0 Å². The van der Waals surface area contributed by atoms with Crippen molar-refractivity contribution in [3.05, 3.63) is 23.3 Å². The van der Waals surface area contributed by atoms with Crippen molar-refractivity contribution < 1.29 is 14.3 Å². The van der Waals surface area contributed by atoms with E-state index in [9.17, 15) is 4.79 Å². The van der Waals surface area contributed by atoms with Gasteiger partial charge in [0.15, 0.2) is 16.6 Å². The van der Waals surface area contributed by atoms with Gasteiger partial charge in [0.1, 0.15) is 6.04 Å². The first-order valence-electron chi connectivity index (χ1n) is 8.51. The van der Waals surface area contributed by atoms with Crippen LogP contribution >= 0.6 is 12.2 Å². The van der Waals surface area contributed by atoms with Crippen LogP contribution in [-0.4, -0.2) is 47.1 Å². The van der Waals surface area contributed by atoms with Crippen molar-refractivity contribution in [2.75, 3.05) is 14.2 Å². The molecule has 4 rings (SSSR count). The van der Waals surface area contributed by atoms with Gasteiger partial charge in [-0.3, -0.25) is 9.69 Å². The predicted octanol–water partition coefficient (Wildman–Crippen LogP) is 2.50. The minimum absolute atomic E-state index is 0.163. The Hall–Kier alpha value is -1.82. The van der Waals surface area contributed by atoms with Crippen LogP contribution in [0.2, 0.25) is 0 Å². The fraction of sp³-hybridized carbons (Fsp3) is 0.556. The first-order chi connectivity index (χ1) is 11.6. The molecular formula is C18H22N2O3S. The van der Waals surface area contributed by atoms with Crippen molar-refractivity contribution in [3.63, 3.8) is 0 Å². The van der Waals surface area contributed by atoms with E-state index in [4.69, 9.17) is 21.7 Å². The molecular weight excluding hydrogens is 324 g/mol. The second-order valence-electron chi connectivity index (χ2n) is 6.75. The molecule has 1 atom stereocenters. The van der Waals surface area contributed by atoms with Gasteiger partial charge in [-0.2, -0.15) is 0 Å². The van der Waals surface area contributed by atoms with Crippen molar-refractivity contribution in [2.45, 2.75) is 50.7 Å². The first kappa shape index (κ1) is 15.7. The maximum Gasteiger partial charge on any atom is 0.252 e. The maximum atomic E-state index is 13.0. The van der Waals surface area contributed by atoms with E-state index in [1.54, 1.807) is 14.2 Å². The minimum Gasteiger partial charge on any atom is -0.493 e. The molecule has 1 amide bonds. The Bertz CT molecular complexity index is 649. The molecule has 0 aromatic heterocycles. The Kier molecular flexibility index (Phi) is 3.87. The van der Waals surface area contributed by atoms with Gasteiger partial charge in [-0.15, -0.1) is 0 Å². The summed E-state index contributed by atoms with van der Waals surface area (Å²) in [7, 11) is 3.28. The summed E-state index contributed by atoms with van der Waals surface area (Å²) in [4.78, 5) is 16.9. The molecule has 2 aliphatic heterocycles. The molecule has 0 bridgehead atoms. The van der Waals surface area contributed by atoms with Crippen molar-refractivity contribution in [3.8, 4) is 11.5 Å². The molecule has 0 spiro atoms. The van der Waals surface area contributed by atoms with Crippen molar-refractivity contribution in [1.82, 2.24) is 9.80 Å². The summed E-state index contributed by atoms with van der Waals surface area (Å²) in [5.74, 6) is 1.61. The van der Waals surface area contributed by atoms with Crippen molar-refractivity contribution >= 4 is 23.2 Å². The van der Waals surface area contributed by atoms with Crippen LogP contribution in [0.1, 0.15) is 36.8 Å². The third-order valence-electron chi connectivity index (χ3n) is 5.50. The van der Waals surface area contributed by atoms with Gasteiger partial charge in [0.25, 0.3) is 5.91 Å². The number of amides is 1. The molecule has 24 heavy (non-hydrogen) atoms. The van der Waals surface area contributed by atoms with Gasteiger partial charge in [0.2, 0.25) is 0 Å². The molecule has 1 aliphatic carbocycles. The van der Waals surface area contributed by atoms with Crippen LogP contribution in [0.3, 0.4) is 0 Å². The maximum absolute atomic E-state index is 13.0. The fourth-order valence-corrected chi connectivity index (χ4v) is 4.66. The van der Waals surface area contributed by atoms with E-state index in [-0.39, 0.29) is 11.9 Å². The standard InChI is InChI=1S/C18H22N2O3S/c1-22-15-8-11-7-14-17(21)20(13-5-3-4-6-13)18(24)19(14)10-12(11)9-16(15)23-2/h8-9,13-14H,3-7,10H2,1-2H3. The normalized spacial score (nSPS) is 23.5. The van der Waals surface area contributed by atoms with Gasteiger partial charge in [0, 0.05) is 19.0 Å². The number of nitrogens with zero attached hydrogens (tertiary/aromatic N) is 2. The highest BCUT2D eigenvalue weighted by Crippen LogP contribution is 2.38. The monoisotopic (exact) mass is 346 g/mol. The van der Waals surface area contributed by atoms with Gasteiger partial charge in [-0.25, -0.2) is 0 Å². The average molecular weight is 346 g/mol. The average Bonchev–Trinajstić information content (AvgIpc) is 3.20. The summed E-state index contributed by atoms with van der Waals surface area (Å²) >= 11 is 5.67. The van der Waals surface area contributed by atoms with Crippen LogP contribution in [0.5, 0.6) is 11.5 Å². The van der Waals surface area contributed by atoms with Gasteiger partial charge >= 0.3 is 0 Å². The molecule has 2 fully saturated rings. The largest absolute Gasteiger partial charge is 0.493 e.